The third kappa shape index (κ3) is 2.58. The van der Waals surface area contributed by atoms with Crippen molar-refractivity contribution in [2.45, 2.75) is 26.3 Å². The van der Waals surface area contributed by atoms with Crippen LogP contribution in [-0.2, 0) is 6.42 Å². The van der Waals surface area contributed by atoms with Gasteiger partial charge < -0.3 is 10.1 Å². The van der Waals surface area contributed by atoms with E-state index in [2.05, 4.69) is 15.3 Å². The van der Waals surface area contributed by atoms with Gasteiger partial charge in [-0.15, -0.1) is 0 Å². The van der Waals surface area contributed by atoms with Gasteiger partial charge in [0.05, 0.1) is 30.0 Å². The Balaban J connectivity index is 1.79. The summed E-state index contributed by atoms with van der Waals surface area (Å²) in [5.74, 6) is 0.102. The summed E-state index contributed by atoms with van der Waals surface area (Å²) in [7, 11) is 0. The summed E-state index contributed by atoms with van der Waals surface area (Å²) in [6, 6.07) is 8.39. The monoisotopic (exact) mass is 349 g/mol. The van der Waals surface area contributed by atoms with E-state index in [-0.39, 0.29) is 5.78 Å². The van der Waals surface area contributed by atoms with Crippen LogP contribution in [0.5, 0.6) is 5.75 Å². The molecule has 6 nitrogen and oxygen atoms in total. The number of carbonyl (C=O) groups is 2. The van der Waals surface area contributed by atoms with Gasteiger partial charge in [0, 0.05) is 11.8 Å². The number of nitrogens with one attached hydrogen (secondary N) is 1. The molecule has 2 heterocycles. The van der Waals surface area contributed by atoms with Gasteiger partial charge in [0.2, 0.25) is 0 Å². The Bertz CT molecular complexity index is 936. The first kappa shape index (κ1) is 16.4. The fourth-order valence-corrected chi connectivity index (χ4v) is 3.56. The SMILES string of the molecule is CCOc1cccc(C2NC(=O)N=C3c4ncc(CC)cc4C(=O)C32)c1. The Morgan fingerprint density at radius 3 is 2.81 bits per heavy atom. The van der Waals surface area contributed by atoms with Crippen molar-refractivity contribution in [1.82, 2.24) is 10.3 Å². The molecule has 0 spiro atoms. The molecule has 4 rings (SSSR count). The van der Waals surface area contributed by atoms with E-state index in [0.29, 0.717) is 29.3 Å². The predicted molar refractivity (Wildman–Crippen MR) is 96.9 cm³/mol. The maximum atomic E-state index is 13.1. The zero-order valence-corrected chi connectivity index (χ0v) is 14.7. The molecule has 2 aliphatic rings. The van der Waals surface area contributed by atoms with E-state index in [0.717, 1.165) is 17.5 Å². The molecule has 1 aromatic heterocycles. The van der Waals surface area contributed by atoms with E-state index >= 15 is 0 Å². The molecule has 2 aromatic rings. The second-order valence-corrected chi connectivity index (χ2v) is 6.36. The van der Waals surface area contributed by atoms with E-state index < -0.39 is 18.0 Å². The van der Waals surface area contributed by atoms with Gasteiger partial charge in [0.1, 0.15) is 5.75 Å². The lowest BCUT2D eigenvalue weighted by molar-refractivity contribution is 0.0941. The number of hydrogen-bond donors (Lipinski definition) is 1. The number of Topliss-reactive ketones (excluding diaryl/α,β-unsaturated/α-hetero) is 1. The smallest absolute Gasteiger partial charge is 0.341 e. The highest BCUT2D eigenvalue weighted by Gasteiger charge is 2.46. The minimum Gasteiger partial charge on any atom is -0.494 e. The van der Waals surface area contributed by atoms with Crippen molar-refractivity contribution in [1.29, 1.82) is 0 Å². The highest BCUT2D eigenvalue weighted by atomic mass is 16.5. The summed E-state index contributed by atoms with van der Waals surface area (Å²) in [6.45, 7) is 4.47. The molecule has 1 aromatic carbocycles. The first-order valence-electron chi connectivity index (χ1n) is 8.77. The number of ketones is 1. The molecule has 0 saturated carbocycles. The molecule has 132 valence electrons. The number of aliphatic imine (C=N–C) groups is 1. The minimum atomic E-state index is -0.556. The third-order valence-electron chi connectivity index (χ3n) is 4.80. The fourth-order valence-electron chi connectivity index (χ4n) is 3.56. The number of carbonyl (C=O) groups excluding carboxylic acids is 2. The van der Waals surface area contributed by atoms with Crippen LogP contribution in [0.1, 0.15) is 47.1 Å². The van der Waals surface area contributed by atoms with Crippen molar-refractivity contribution in [3.8, 4) is 5.75 Å². The van der Waals surface area contributed by atoms with E-state index in [1.165, 1.54) is 0 Å². The summed E-state index contributed by atoms with van der Waals surface area (Å²) < 4.78 is 5.55. The van der Waals surface area contributed by atoms with Crippen molar-refractivity contribution in [2.24, 2.45) is 10.9 Å². The molecule has 1 N–H and O–H groups in total. The third-order valence-corrected chi connectivity index (χ3v) is 4.80. The lowest BCUT2D eigenvalue weighted by atomic mass is 9.87. The number of rotatable bonds is 4. The van der Waals surface area contributed by atoms with Gasteiger partial charge in [-0.1, -0.05) is 19.1 Å². The number of ether oxygens (including phenoxy) is 1. The molecule has 1 aliphatic heterocycles. The van der Waals surface area contributed by atoms with E-state index in [1.807, 2.05) is 44.2 Å². The zero-order chi connectivity index (χ0) is 18.3. The van der Waals surface area contributed by atoms with Crippen molar-refractivity contribution in [3.63, 3.8) is 0 Å². The molecular weight excluding hydrogens is 330 g/mol. The summed E-state index contributed by atoms with van der Waals surface area (Å²) >= 11 is 0. The topological polar surface area (TPSA) is 80.7 Å². The molecule has 26 heavy (non-hydrogen) atoms. The van der Waals surface area contributed by atoms with Crippen molar-refractivity contribution in [2.75, 3.05) is 6.61 Å². The van der Waals surface area contributed by atoms with Crippen LogP contribution in [0.2, 0.25) is 0 Å². The minimum absolute atomic E-state index is 0.0478. The molecule has 0 saturated heterocycles. The normalized spacial score (nSPS) is 20.9. The quantitative estimate of drug-likeness (QED) is 0.920. The predicted octanol–water partition coefficient (Wildman–Crippen LogP) is 3.11. The van der Waals surface area contributed by atoms with Crippen molar-refractivity contribution < 1.29 is 14.3 Å². The fraction of sp³-hybridized carbons (Fsp3) is 0.300. The second-order valence-electron chi connectivity index (χ2n) is 6.36. The number of amides is 2. The Hall–Kier alpha value is -3.02. The lowest BCUT2D eigenvalue weighted by Gasteiger charge is -2.27. The van der Waals surface area contributed by atoms with Gasteiger partial charge in [0.15, 0.2) is 5.78 Å². The first-order chi connectivity index (χ1) is 12.6. The van der Waals surface area contributed by atoms with Crippen LogP contribution < -0.4 is 10.1 Å². The van der Waals surface area contributed by atoms with E-state index in [9.17, 15) is 9.59 Å². The van der Waals surface area contributed by atoms with E-state index in [1.54, 1.807) is 6.20 Å². The molecule has 0 fully saturated rings. The van der Waals surface area contributed by atoms with Crippen molar-refractivity contribution >= 4 is 17.5 Å². The number of hydrogen-bond acceptors (Lipinski definition) is 4. The van der Waals surface area contributed by atoms with Gasteiger partial charge in [-0.05, 0) is 42.7 Å². The Labute approximate surface area is 151 Å². The maximum absolute atomic E-state index is 13.1. The first-order valence-corrected chi connectivity index (χ1v) is 8.77. The highest BCUT2D eigenvalue weighted by Crippen LogP contribution is 2.38. The summed E-state index contributed by atoms with van der Waals surface area (Å²) in [5.41, 5.74) is 3.35. The van der Waals surface area contributed by atoms with Gasteiger partial charge >= 0.3 is 6.03 Å². The van der Waals surface area contributed by atoms with Gasteiger partial charge in [-0.2, -0.15) is 4.99 Å². The molecule has 2 amide bonds. The molecule has 2 atom stereocenters. The van der Waals surface area contributed by atoms with Crippen LogP contribution in [0.15, 0.2) is 41.5 Å². The van der Waals surface area contributed by atoms with Crippen molar-refractivity contribution in [3.05, 3.63) is 58.9 Å². The van der Waals surface area contributed by atoms with Crippen LogP contribution >= 0.6 is 0 Å². The molecule has 1 aliphatic carbocycles. The highest BCUT2D eigenvalue weighted by molar-refractivity contribution is 6.30. The Morgan fingerprint density at radius 1 is 1.19 bits per heavy atom. The molecule has 0 radical (unpaired) electrons. The van der Waals surface area contributed by atoms with Crippen LogP contribution in [0.25, 0.3) is 0 Å². The van der Waals surface area contributed by atoms with Gasteiger partial charge in [0.25, 0.3) is 0 Å². The Kier molecular flexibility index (Phi) is 4.03. The van der Waals surface area contributed by atoms with E-state index in [4.69, 9.17) is 4.74 Å². The van der Waals surface area contributed by atoms with Crippen LogP contribution in [-0.4, -0.2) is 29.1 Å². The van der Waals surface area contributed by atoms with Crippen LogP contribution in [0.4, 0.5) is 4.79 Å². The number of nitrogens with zero attached hydrogens (tertiary/aromatic N) is 2. The number of urea groups is 1. The summed E-state index contributed by atoms with van der Waals surface area (Å²) in [4.78, 5) is 33.8. The number of benzene rings is 1. The molecule has 6 heteroatoms. The Morgan fingerprint density at radius 2 is 2.04 bits per heavy atom. The number of fused-ring (bicyclic) bond motifs is 3. The largest absolute Gasteiger partial charge is 0.494 e. The standard InChI is InChI=1S/C20H19N3O3/c1-3-11-8-14-17(21-10-11)18-15(19(14)24)16(22-20(25)23-18)12-6-5-7-13(9-12)26-4-2/h5-10,15-16H,3-4H2,1-2H3,(H,22,25). The zero-order valence-electron chi connectivity index (χ0n) is 14.7. The molecule has 2 unspecified atom stereocenters. The maximum Gasteiger partial charge on any atom is 0.341 e. The second kappa shape index (κ2) is 6.37. The average molecular weight is 349 g/mol. The summed E-state index contributed by atoms with van der Waals surface area (Å²) in [5, 5.41) is 2.84. The number of aryl methyl sites for hydroxylation is 1. The molecule has 0 bridgehead atoms. The molecular formula is C20H19N3O3. The lowest BCUT2D eigenvalue weighted by Crippen LogP contribution is -2.41. The van der Waals surface area contributed by atoms with Gasteiger partial charge in [-0.3, -0.25) is 9.78 Å². The van der Waals surface area contributed by atoms with Crippen LogP contribution in [0.3, 0.4) is 0 Å². The number of aromatic nitrogens is 1. The van der Waals surface area contributed by atoms with Crippen LogP contribution in [0, 0.1) is 5.92 Å². The number of pyridine rings is 1. The van der Waals surface area contributed by atoms with Gasteiger partial charge in [-0.25, -0.2) is 4.79 Å². The summed E-state index contributed by atoms with van der Waals surface area (Å²) in [6.07, 6.45) is 2.54. The average Bonchev–Trinajstić information content (AvgIpc) is 2.93.